The van der Waals surface area contributed by atoms with E-state index in [0.717, 1.165) is 16.5 Å². The summed E-state index contributed by atoms with van der Waals surface area (Å²) >= 11 is 0. The van der Waals surface area contributed by atoms with Crippen LogP contribution in [-0.2, 0) is 28.7 Å². The fourth-order valence-electron chi connectivity index (χ4n) is 1.91. The quantitative estimate of drug-likeness (QED) is 0.603. The fourth-order valence-corrected chi connectivity index (χ4v) is 1.91. The van der Waals surface area contributed by atoms with Gasteiger partial charge >= 0.3 is 16.4 Å². The second-order valence-electron chi connectivity index (χ2n) is 4.38. The van der Waals surface area contributed by atoms with Gasteiger partial charge in [0, 0.05) is 30.6 Å². The van der Waals surface area contributed by atoms with E-state index in [1.54, 1.807) is 0 Å². The smallest absolute Gasteiger partial charge is 0.394 e. The van der Waals surface area contributed by atoms with E-state index in [-0.39, 0.29) is 0 Å². The summed E-state index contributed by atoms with van der Waals surface area (Å²) in [5, 5.41) is 9.86. The van der Waals surface area contributed by atoms with Gasteiger partial charge in [0.05, 0.1) is 0 Å². The molecule has 0 saturated heterocycles. The third-order valence-electron chi connectivity index (χ3n) is 2.74. The van der Waals surface area contributed by atoms with E-state index >= 15 is 0 Å². The van der Waals surface area contributed by atoms with Gasteiger partial charge in [-0.3, -0.25) is 13.9 Å². The van der Waals surface area contributed by atoms with Gasteiger partial charge in [0.2, 0.25) is 0 Å². The highest BCUT2D eigenvalue weighted by molar-refractivity contribution is 7.79. The number of para-hydroxylation sites is 1. The molecule has 0 radical (unpaired) electrons. The minimum atomic E-state index is -4.67. The SMILES string of the molecule is Cn1cc(CC(N)C(=O)O)c2ccccc21.O=S(=O)(O)O. The number of nitrogens with zero attached hydrogens (tertiary/aromatic N) is 1. The molecule has 8 nitrogen and oxygen atoms in total. The predicted molar refractivity (Wildman–Crippen MR) is 76.4 cm³/mol. The largest absolute Gasteiger partial charge is 0.480 e. The van der Waals surface area contributed by atoms with Gasteiger partial charge < -0.3 is 15.4 Å². The normalized spacial score (nSPS) is 12.6. The highest BCUT2D eigenvalue weighted by Crippen LogP contribution is 2.21. The van der Waals surface area contributed by atoms with E-state index in [9.17, 15) is 4.79 Å². The average Bonchev–Trinajstić information content (AvgIpc) is 2.65. The molecule has 1 heterocycles. The van der Waals surface area contributed by atoms with Crippen molar-refractivity contribution in [3.05, 3.63) is 36.0 Å². The third-order valence-corrected chi connectivity index (χ3v) is 2.74. The molecule has 5 N–H and O–H groups in total. The molecule has 116 valence electrons. The van der Waals surface area contributed by atoms with Crippen LogP contribution in [0.1, 0.15) is 5.56 Å². The molecule has 0 saturated carbocycles. The van der Waals surface area contributed by atoms with Crippen LogP contribution in [0, 0.1) is 0 Å². The number of carbonyl (C=O) groups is 1. The number of aromatic nitrogens is 1. The Morgan fingerprint density at radius 2 is 1.86 bits per heavy atom. The van der Waals surface area contributed by atoms with Crippen molar-refractivity contribution >= 4 is 27.3 Å². The summed E-state index contributed by atoms with van der Waals surface area (Å²) in [6.07, 6.45) is 2.30. The van der Waals surface area contributed by atoms with Gasteiger partial charge in [-0.05, 0) is 11.6 Å². The Morgan fingerprint density at radius 3 is 2.38 bits per heavy atom. The number of fused-ring (bicyclic) bond motifs is 1. The van der Waals surface area contributed by atoms with Crippen LogP contribution in [0.25, 0.3) is 10.9 Å². The van der Waals surface area contributed by atoms with Crippen LogP contribution in [0.2, 0.25) is 0 Å². The van der Waals surface area contributed by atoms with Crippen molar-refractivity contribution in [2.24, 2.45) is 12.8 Å². The first kappa shape index (κ1) is 17.1. The number of hydrogen-bond acceptors (Lipinski definition) is 4. The molecule has 21 heavy (non-hydrogen) atoms. The van der Waals surface area contributed by atoms with E-state index in [4.69, 9.17) is 28.4 Å². The molecule has 0 spiro atoms. The molecule has 2 aromatic rings. The zero-order valence-electron chi connectivity index (χ0n) is 11.2. The van der Waals surface area contributed by atoms with Gasteiger partial charge in [0.25, 0.3) is 0 Å². The fraction of sp³-hybridized carbons (Fsp3) is 0.250. The van der Waals surface area contributed by atoms with Gasteiger partial charge in [-0.15, -0.1) is 0 Å². The molecule has 2 rings (SSSR count). The van der Waals surface area contributed by atoms with E-state index in [1.165, 1.54) is 0 Å². The minimum absolute atomic E-state index is 0.358. The Labute approximate surface area is 121 Å². The second-order valence-corrected chi connectivity index (χ2v) is 5.27. The maximum Gasteiger partial charge on any atom is 0.394 e. The van der Waals surface area contributed by atoms with E-state index in [0.29, 0.717) is 6.42 Å². The summed E-state index contributed by atoms with van der Waals surface area (Å²) in [5.41, 5.74) is 7.61. The summed E-state index contributed by atoms with van der Waals surface area (Å²) in [4.78, 5) is 10.7. The van der Waals surface area contributed by atoms with Crippen molar-refractivity contribution in [1.29, 1.82) is 0 Å². The maximum absolute atomic E-state index is 10.7. The lowest BCUT2D eigenvalue weighted by molar-refractivity contribution is -0.138. The molecule has 9 heteroatoms. The highest BCUT2D eigenvalue weighted by Gasteiger charge is 2.15. The molecule has 0 bridgehead atoms. The van der Waals surface area contributed by atoms with Gasteiger partial charge in [-0.1, -0.05) is 18.2 Å². The number of rotatable bonds is 3. The van der Waals surface area contributed by atoms with E-state index in [1.807, 2.05) is 42.1 Å². The van der Waals surface area contributed by atoms with Gasteiger partial charge in [-0.25, -0.2) is 0 Å². The first-order valence-electron chi connectivity index (χ1n) is 5.81. The van der Waals surface area contributed by atoms with Crippen LogP contribution < -0.4 is 5.73 Å². The molecule has 1 aromatic carbocycles. The third kappa shape index (κ3) is 5.52. The first-order valence-corrected chi connectivity index (χ1v) is 7.20. The number of aliphatic carboxylic acids is 1. The summed E-state index contributed by atoms with van der Waals surface area (Å²) in [7, 11) is -2.72. The number of benzene rings is 1. The monoisotopic (exact) mass is 316 g/mol. The van der Waals surface area contributed by atoms with Gasteiger partial charge in [0.1, 0.15) is 6.04 Å². The Kier molecular flexibility index (Phi) is 5.44. The van der Waals surface area contributed by atoms with E-state index in [2.05, 4.69) is 0 Å². The number of carboxylic acid groups (broad SMARTS) is 1. The zero-order chi connectivity index (χ0) is 16.2. The van der Waals surface area contributed by atoms with Crippen LogP contribution in [0.15, 0.2) is 30.5 Å². The molecule has 0 amide bonds. The van der Waals surface area contributed by atoms with Crippen molar-refractivity contribution < 1.29 is 27.4 Å². The molecular weight excluding hydrogens is 300 g/mol. The summed E-state index contributed by atoms with van der Waals surface area (Å²) in [5.74, 6) is -0.965. The molecular formula is C12H16N2O6S. The Bertz CT molecular complexity index is 729. The zero-order valence-corrected chi connectivity index (χ0v) is 12.0. The van der Waals surface area contributed by atoms with Crippen molar-refractivity contribution in [1.82, 2.24) is 4.57 Å². The molecule has 1 aromatic heterocycles. The molecule has 0 aliphatic carbocycles. The predicted octanol–water partition coefficient (Wildman–Crippen LogP) is 0.480. The number of nitrogens with two attached hydrogens (primary N) is 1. The Morgan fingerprint density at radius 1 is 1.33 bits per heavy atom. The molecule has 1 unspecified atom stereocenters. The van der Waals surface area contributed by atoms with Crippen LogP contribution in [0.5, 0.6) is 0 Å². The number of carboxylic acids is 1. The van der Waals surface area contributed by atoms with Crippen LogP contribution in [-0.4, -0.2) is 39.2 Å². The molecule has 0 fully saturated rings. The second kappa shape index (κ2) is 6.68. The lowest BCUT2D eigenvalue weighted by atomic mass is 10.1. The van der Waals surface area contributed by atoms with Crippen molar-refractivity contribution in [2.75, 3.05) is 0 Å². The number of hydrogen-bond donors (Lipinski definition) is 4. The van der Waals surface area contributed by atoms with Crippen molar-refractivity contribution in [3.63, 3.8) is 0 Å². The Balaban J connectivity index is 0.000000383. The molecule has 0 aliphatic rings. The van der Waals surface area contributed by atoms with Gasteiger partial charge in [0.15, 0.2) is 0 Å². The lowest BCUT2D eigenvalue weighted by Crippen LogP contribution is -2.32. The first-order chi connectivity index (χ1) is 9.59. The topological polar surface area (TPSA) is 143 Å². The average molecular weight is 316 g/mol. The minimum Gasteiger partial charge on any atom is -0.480 e. The standard InChI is InChI=1S/C12H14N2O2.H2O4S/c1-14-7-8(6-10(13)12(15)16)9-4-2-3-5-11(9)14;1-5(2,3)4/h2-5,7,10H,6,13H2,1H3,(H,15,16);(H2,1,2,3,4). The van der Waals surface area contributed by atoms with Gasteiger partial charge in [-0.2, -0.15) is 8.42 Å². The van der Waals surface area contributed by atoms with Crippen LogP contribution in [0.4, 0.5) is 0 Å². The number of aryl methyl sites for hydroxylation is 1. The van der Waals surface area contributed by atoms with Crippen molar-refractivity contribution in [3.8, 4) is 0 Å². The maximum atomic E-state index is 10.7. The summed E-state index contributed by atoms with van der Waals surface area (Å²) in [6.45, 7) is 0. The molecule has 0 aliphatic heterocycles. The summed E-state index contributed by atoms with van der Waals surface area (Å²) < 4.78 is 33.6. The lowest BCUT2D eigenvalue weighted by Gasteiger charge is -2.04. The van der Waals surface area contributed by atoms with Crippen molar-refractivity contribution in [2.45, 2.75) is 12.5 Å². The Hall–Kier alpha value is -1.94. The van der Waals surface area contributed by atoms with E-state index < -0.39 is 22.4 Å². The van der Waals surface area contributed by atoms with Crippen LogP contribution in [0.3, 0.4) is 0 Å². The summed E-state index contributed by atoms with van der Waals surface area (Å²) in [6, 6.07) is 7.05. The molecule has 1 atom stereocenters. The highest BCUT2D eigenvalue weighted by atomic mass is 32.3. The van der Waals surface area contributed by atoms with Crippen LogP contribution >= 0.6 is 0 Å².